The van der Waals surface area contributed by atoms with Crippen LogP contribution in [0.3, 0.4) is 0 Å². The van der Waals surface area contributed by atoms with Crippen molar-refractivity contribution in [1.29, 1.82) is 0 Å². The summed E-state index contributed by atoms with van der Waals surface area (Å²) in [4.78, 5) is 0. The third kappa shape index (κ3) is 10.3. The number of hydrogen-bond acceptors (Lipinski definition) is 2. The Labute approximate surface area is 304 Å². The molecule has 0 heterocycles. The second-order valence-corrected chi connectivity index (χ2v) is 14.3. The second kappa shape index (κ2) is 17.4. The Kier molecular flexibility index (Phi) is 14.8. The molecule has 0 atom stereocenters. The van der Waals surface area contributed by atoms with Crippen molar-refractivity contribution in [3.05, 3.63) is 149 Å². The Morgan fingerprint density at radius 1 is 0.674 bits per heavy atom. The SMILES string of the molecule is CC(C)(C)c1[c-]c2c(cc1)-c1ccc(C(C)(C)C)cc1C2.COc1ccc([C](=[Zr+2])c2ccc(OC)cc2)cc1.[Cl-].[Cl-].c1cc[cH-]c1. The first-order chi connectivity index (χ1) is 20.9. The molecule has 0 radical (unpaired) electrons. The number of ether oxygens (including phenoxy) is 2. The molecule has 0 saturated heterocycles. The molecule has 0 aromatic heterocycles. The van der Waals surface area contributed by atoms with Gasteiger partial charge in [-0.15, -0.1) is 11.1 Å². The van der Waals surface area contributed by atoms with Gasteiger partial charge in [0, 0.05) is 0 Å². The van der Waals surface area contributed by atoms with Crippen molar-refractivity contribution in [2.75, 3.05) is 14.2 Å². The Morgan fingerprint density at radius 3 is 1.59 bits per heavy atom. The van der Waals surface area contributed by atoms with Crippen molar-refractivity contribution < 1.29 is 58.5 Å². The predicted octanol–water partition coefficient (Wildman–Crippen LogP) is 3.89. The molecule has 0 amide bonds. The van der Waals surface area contributed by atoms with Gasteiger partial charge in [-0.05, 0) is 28.4 Å². The quantitative estimate of drug-likeness (QED) is 0.257. The van der Waals surface area contributed by atoms with Crippen LogP contribution in [0.2, 0.25) is 0 Å². The van der Waals surface area contributed by atoms with Crippen LogP contribution in [-0.4, -0.2) is 17.4 Å². The van der Waals surface area contributed by atoms with E-state index in [0.29, 0.717) is 0 Å². The Balaban J connectivity index is 0.000000270. The minimum atomic E-state index is 0. The van der Waals surface area contributed by atoms with Crippen molar-refractivity contribution in [1.82, 2.24) is 0 Å². The molecule has 0 spiro atoms. The Hall–Kier alpha value is -2.84. The summed E-state index contributed by atoms with van der Waals surface area (Å²) >= 11 is 1.39. The van der Waals surface area contributed by atoms with Gasteiger partial charge < -0.3 is 24.8 Å². The Bertz CT molecular complexity index is 1530. The van der Waals surface area contributed by atoms with Crippen LogP contribution in [0.5, 0.6) is 11.5 Å². The van der Waals surface area contributed by atoms with Gasteiger partial charge in [0.2, 0.25) is 0 Å². The maximum Gasteiger partial charge on any atom is -0.172 e. The first kappa shape index (κ1) is 39.3. The maximum atomic E-state index is 5.17. The predicted molar refractivity (Wildman–Crippen MR) is 182 cm³/mol. The van der Waals surface area contributed by atoms with Gasteiger partial charge in [-0.2, -0.15) is 42.0 Å². The monoisotopic (exact) mass is 728 g/mol. The second-order valence-electron chi connectivity index (χ2n) is 13.1. The van der Waals surface area contributed by atoms with Crippen LogP contribution in [-0.2, 0) is 41.5 Å². The molecule has 0 bridgehead atoms. The summed E-state index contributed by atoms with van der Waals surface area (Å²) < 4.78 is 11.7. The molecule has 2 nitrogen and oxygen atoms in total. The number of halogens is 2. The van der Waals surface area contributed by atoms with Crippen molar-refractivity contribution in [3.8, 4) is 22.6 Å². The van der Waals surface area contributed by atoms with E-state index in [1.807, 2.05) is 54.6 Å². The molecule has 0 N–H and O–H groups in total. The fourth-order valence-electron chi connectivity index (χ4n) is 5.03. The van der Waals surface area contributed by atoms with E-state index >= 15 is 0 Å². The number of methoxy groups -OCH3 is 2. The standard InChI is InChI=1S/C21H25.C15H14O2.C5H5.2ClH.Zr/c1-20(2,3)16-7-9-18-14(12-16)11-15-13-17(21(4,5)6)8-10-19(15)18;1-16-14-7-3-12(4-8-14)11-13-5-9-15(17-2)10-6-13;1-2-4-5-3-1;;;/h7-10,12H,11H2,1-6H3;3-10H,1-2H3;1-5H;2*1H;/q-1;;-1;;;+2/p-2. The van der Waals surface area contributed by atoms with Gasteiger partial charge in [-0.3, -0.25) is 0 Å². The van der Waals surface area contributed by atoms with Gasteiger partial charge in [0.05, 0.1) is 0 Å². The van der Waals surface area contributed by atoms with Crippen LogP contribution in [0.25, 0.3) is 11.1 Å². The third-order valence-corrected chi connectivity index (χ3v) is 9.20. The number of fused-ring (bicyclic) bond motifs is 3. The molecular formula is C41H44Cl2O2Zr-2. The maximum absolute atomic E-state index is 5.17. The number of hydrogen-bond donors (Lipinski definition) is 0. The molecule has 0 aliphatic heterocycles. The van der Waals surface area contributed by atoms with Crippen LogP contribution in [0.4, 0.5) is 0 Å². The molecule has 0 fully saturated rings. The van der Waals surface area contributed by atoms with Crippen molar-refractivity contribution in [2.24, 2.45) is 0 Å². The summed E-state index contributed by atoms with van der Waals surface area (Å²) in [5.41, 5.74) is 11.2. The van der Waals surface area contributed by atoms with E-state index in [-0.39, 0.29) is 35.6 Å². The fraction of sp³-hybridized carbons (Fsp3) is 0.268. The number of rotatable bonds is 4. The van der Waals surface area contributed by atoms with E-state index < -0.39 is 0 Å². The molecule has 5 aromatic carbocycles. The molecule has 1 aliphatic carbocycles. The zero-order chi connectivity index (χ0) is 31.9. The summed E-state index contributed by atoms with van der Waals surface area (Å²) in [6.07, 6.45) is 1.03. The summed E-state index contributed by atoms with van der Waals surface area (Å²) in [6.45, 7) is 13.6. The summed E-state index contributed by atoms with van der Waals surface area (Å²) in [6, 6.07) is 41.5. The average molecular weight is 731 g/mol. The molecule has 0 unspecified atom stereocenters. The average Bonchev–Trinajstić information content (AvgIpc) is 3.72. The summed E-state index contributed by atoms with van der Waals surface area (Å²) in [5, 5.41) is 0. The summed E-state index contributed by atoms with van der Waals surface area (Å²) in [7, 11) is 3.36. The van der Waals surface area contributed by atoms with Crippen molar-refractivity contribution in [2.45, 2.75) is 58.8 Å². The topological polar surface area (TPSA) is 18.5 Å². The van der Waals surface area contributed by atoms with Gasteiger partial charge in [0.25, 0.3) is 0 Å². The van der Waals surface area contributed by atoms with E-state index in [0.717, 1.165) is 17.9 Å². The van der Waals surface area contributed by atoms with Crippen LogP contribution < -0.4 is 34.3 Å². The smallest absolute Gasteiger partial charge is 0.172 e. The van der Waals surface area contributed by atoms with Crippen molar-refractivity contribution in [3.63, 3.8) is 0 Å². The van der Waals surface area contributed by atoms with Crippen LogP contribution in [0.15, 0.2) is 109 Å². The summed E-state index contributed by atoms with van der Waals surface area (Å²) in [5.74, 6) is 1.77. The zero-order valence-corrected chi connectivity index (χ0v) is 32.1. The molecule has 0 saturated carbocycles. The van der Waals surface area contributed by atoms with E-state index in [1.165, 1.54) is 71.9 Å². The van der Waals surface area contributed by atoms with Gasteiger partial charge in [-0.25, -0.2) is 12.1 Å². The van der Waals surface area contributed by atoms with Gasteiger partial charge in [0.1, 0.15) is 0 Å². The molecule has 5 aromatic rings. The third-order valence-electron chi connectivity index (χ3n) is 7.78. The van der Waals surface area contributed by atoms with Gasteiger partial charge in [-0.1, -0.05) is 65.3 Å². The molecule has 6 rings (SSSR count). The molecule has 240 valence electrons. The Morgan fingerprint density at radius 2 is 1.17 bits per heavy atom. The normalized spacial score (nSPS) is 11.2. The first-order valence-electron chi connectivity index (χ1n) is 15.1. The largest absolute Gasteiger partial charge is 1.00 e. The molecular weight excluding hydrogens is 687 g/mol. The van der Waals surface area contributed by atoms with Crippen LogP contribution in [0, 0.1) is 6.07 Å². The van der Waals surface area contributed by atoms with Gasteiger partial charge >= 0.3 is 122 Å². The molecule has 5 heteroatoms. The van der Waals surface area contributed by atoms with Crippen LogP contribution in [0.1, 0.15) is 74.9 Å². The minimum absolute atomic E-state index is 0. The number of benzene rings is 4. The fourth-order valence-corrected chi connectivity index (χ4v) is 5.85. The van der Waals surface area contributed by atoms with Crippen molar-refractivity contribution >= 4 is 3.21 Å². The van der Waals surface area contributed by atoms with E-state index in [1.54, 1.807) is 14.2 Å². The minimum Gasteiger partial charge on any atom is -1.00 e. The van der Waals surface area contributed by atoms with Crippen LogP contribution >= 0.6 is 0 Å². The molecule has 1 aliphatic rings. The zero-order valence-electron chi connectivity index (χ0n) is 28.2. The molecule has 46 heavy (non-hydrogen) atoms. The van der Waals surface area contributed by atoms with E-state index in [4.69, 9.17) is 9.47 Å². The van der Waals surface area contributed by atoms with Gasteiger partial charge in [0.15, 0.2) is 0 Å². The van der Waals surface area contributed by atoms with E-state index in [9.17, 15) is 0 Å². The van der Waals surface area contributed by atoms with E-state index in [2.05, 4.69) is 102 Å². The first-order valence-corrected chi connectivity index (χ1v) is 16.4.